The molecule has 0 heterocycles. The summed E-state index contributed by atoms with van der Waals surface area (Å²) >= 11 is 2.35. The zero-order valence-corrected chi connectivity index (χ0v) is 7.97. The Morgan fingerprint density at radius 2 is 2.11 bits per heavy atom. The van der Waals surface area contributed by atoms with E-state index in [4.69, 9.17) is 5.11 Å². The first-order valence-corrected chi connectivity index (χ1v) is 4.69. The van der Waals surface area contributed by atoms with Crippen LogP contribution < -0.4 is 0 Å². The molecule has 0 rings (SSSR count). The third-order valence-electron chi connectivity index (χ3n) is 1.16. The van der Waals surface area contributed by atoms with E-state index in [1.807, 2.05) is 0 Å². The van der Waals surface area contributed by atoms with Crippen molar-refractivity contribution in [2.45, 2.75) is 6.42 Å². The van der Waals surface area contributed by atoms with Crippen molar-refractivity contribution < 1.29 is 5.11 Å². The monoisotopic (exact) mass is 243 g/mol. The molecular formula is C6H14INO. The third kappa shape index (κ3) is 6.54. The lowest BCUT2D eigenvalue weighted by atomic mass is 10.4. The van der Waals surface area contributed by atoms with Gasteiger partial charge in [-0.2, -0.15) is 0 Å². The lowest BCUT2D eigenvalue weighted by Crippen LogP contribution is -2.22. The van der Waals surface area contributed by atoms with Gasteiger partial charge in [0.15, 0.2) is 0 Å². The molecule has 0 saturated heterocycles. The van der Waals surface area contributed by atoms with Crippen LogP contribution in [-0.2, 0) is 0 Å². The fourth-order valence-corrected chi connectivity index (χ4v) is 1.42. The normalized spacial score (nSPS) is 10.7. The quantitative estimate of drug-likeness (QED) is 0.568. The fraction of sp³-hybridized carbons (Fsp3) is 1.00. The second-order valence-corrected chi connectivity index (χ2v) is 3.15. The summed E-state index contributed by atoms with van der Waals surface area (Å²) in [6.45, 7) is 2.45. The molecule has 9 heavy (non-hydrogen) atoms. The van der Waals surface area contributed by atoms with E-state index >= 15 is 0 Å². The Bertz CT molecular complexity index is 61.0. The zero-order chi connectivity index (χ0) is 7.11. The molecule has 0 aliphatic carbocycles. The third-order valence-corrected chi connectivity index (χ3v) is 1.65. The smallest absolute Gasteiger partial charge is 0.0443 e. The van der Waals surface area contributed by atoms with Crippen molar-refractivity contribution in [3.63, 3.8) is 0 Å². The molecule has 0 aromatic rings. The SMILES string of the molecule is CN(CCI)CCCO. The highest BCUT2D eigenvalue weighted by atomic mass is 127. The van der Waals surface area contributed by atoms with E-state index in [2.05, 4.69) is 34.5 Å². The number of hydrogen-bond acceptors (Lipinski definition) is 2. The van der Waals surface area contributed by atoms with Crippen LogP contribution in [0.2, 0.25) is 0 Å². The summed E-state index contributed by atoms with van der Waals surface area (Å²) in [6, 6.07) is 0. The van der Waals surface area contributed by atoms with Crippen LogP contribution in [0.4, 0.5) is 0 Å². The number of aliphatic hydroxyl groups excluding tert-OH is 1. The van der Waals surface area contributed by atoms with E-state index in [1.165, 1.54) is 4.43 Å². The molecule has 0 amide bonds. The predicted molar refractivity (Wildman–Crippen MR) is 48.1 cm³/mol. The first-order valence-electron chi connectivity index (χ1n) is 3.16. The Kier molecular flexibility index (Phi) is 7.25. The second kappa shape index (κ2) is 6.77. The van der Waals surface area contributed by atoms with Crippen molar-refractivity contribution in [3.8, 4) is 0 Å². The van der Waals surface area contributed by atoms with Crippen molar-refractivity contribution in [1.82, 2.24) is 4.90 Å². The summed E-state index contributed by atoms with van der Waals surface area (Å²) in [5.41, 5.74) is 0. The van der Waals surface area contributed by atoms with Gasteiger partial charge in [0.1, 0.15) is 0 Å². The van der Waals surface area contributed by atoms with Crippen LogP contribution in [0.15, 0.2) is 0 Å². The number of rotatable bonds is 5. The van der Waals surface area contributed by atoms with Gasteiger partial charge >= 0.3 is 0 Å². The van der Waals surface area contributed by atoms with E-state index in [1.54, 1.807) is 0 Å². The summed E-state index contributed by atoms with van der Waals surface area (Å²) in [5.74, 6) is 0. The van der Waals surface area contributed by atoms with Gasteiger partial charge in [0.25, 0.3) is 0 Å². The average Bonchev–Trinajstić information content (AvgIpc) is 1.85. The number of alkyl halides is 1. The first-order chi connectivity index (χ1) is 4.31. The first kappa shape index (κ1) is 9.65. The van der Waals surface area contributed by atoms with Crippen LogP contribution in [0.5, 0.6) is 0 Å². The van der Waals surface area contributed by atoms with Crippen LogP contribution in [0.3, 0.4) is 0 Å². The molecule has 56 valence electrons. The minimum Gasteiger partial charge on any atom is -0.396 e. The Labute approximate surface area is 70.4 Å². The summed E-state index contributed by atoms with van der Waals surface area (Å²) in [7, 11) is 2.08. The molecule has 0 aliphatic heterocycles. The summed E-state index contributed by atoms with van der Waals surface area (Å²) in [5, 5.41) is 8.45. The summed E-state index contributed by atoms with van der Waals surface area (Å²) < 4.78 is 1.17. The molecular weight excluding hydrogens is 229 g/mol. The van der Waals surface area contributed by atoms with Gasteiger partial charge in [-0.3, -0.25) is 0 Å². The fourth-order valence-electron chi connectivity index (χ4n) is 0.597. The highest BCUT2D eigenvalue weighted by molar-refractivity contribution is 14.1. The van der Waals surface area contributed by atoms with Crippen molar-refractivity contribution in [2.24, 2.45) is 0 Å². The molecule has 0 atom stereocenters. The topological polar surface area (TPSA) is 23.5 Å². The maximum absolute atomic E-state index is 8.45. The minimum atomic E-state index is 0.311. The maximum atomic E-state index is 8.45. The largest absolute Gasteiger partial charge is 0.396 e. The molecule has 0 spiro atoms. The molecule has 3 heteroatoms. The highest BCUT2D eigenvalue weighted by Gasteiger charge is 1.93. The van der Waals surface area contributed by atoms with Crippen LogP contribution in [0, 0.1) is 0 Å². The molecule has 0 bridgehead atoms. The summed E-state index contributed by atoms with van der Waals surface area (Å²) in [4.78, 5) is 2.22. The molecule has 0 aromatic carbocycles. The van der Waals surface area contributed by atoms with E-state index in [0.717, 1.165) is 19.5 Å². The number of nitrogens with zero attached hydrogens (tertiary/aromatic N) is 1. The Hall–Kier alpha value is 0.650. The van der Waals surface area contributed by atoms with E-state index in [0.29, 0.717) is 6.61 Å². The van der Waals surface area contributed by atoms with Gasteiger partial charge in [0, 0.05) is 24.1 Å². The van der Waals surface area contributed by atoms with Gasteiger partial charge in [0.05, 0.1) is 0 Å². The van der Waals surface area contributed by atoms with Crippen molar-refractivity contribution in [3.05, 3.63) is 0 Å². The zero-order valence-electron chi connectivity index (χ0n) is 5.81. The molecule has 1 N–H and O–H groups in total. The molecule has 0 aliphatic rings. The maximum Gasteiger partial charge on any atom is 0.0443 e. The molecule has 0 saturated carbocycles. The van der Waals surface area contributed by atoms with Gasteiger partial charge in [-0.25, -0.2) is 0 Å². The van der Waals surface area contributed by atoms with Gasteiger partial charge < -0.3 is 10.0 Å². The predicted octanol–water partition coefficient (Wildman–Crippen LogP) is 0.736. The van der Waals surface area contributed by atoms with Gasteiger partial charge in [-0.05, 0) is 13.5 Å². The standard InChI is InChI=1S/C6H14INO/c1-8(5-3-7)4-2-6-9/h9H,2-6H2,1H3. The average molecular weight is 243 g/mol. The minimum absolute atomic E-state index is 0.311. The summed E-state index contributed by atoms with van der Waals surface area (Å²) in [6.07, 6.45) is 0.896. The second-order valence-electron chi connectivity index (χ2n) is 2.07. The Morgan fingerprint density at radius 3 is 2.56 bits per heavy atom. The lowest BCUT2D eigenvalue weighted by Gasteiger charge is -2.12. The number of hydrogen-bond donors (Lipinski definition) is 1. The van der Waals surface area contributed by atoms with Gasteiger partial charge in [0.2, 0.25) is 0 Å². The molecule has 0 aromatic heterocycles. The lowest BCUT2D eigenvalue weighted by molar-refractivity contribution is 0.253. The van der Waals surface area contributed by atoms with E-state index in [-0.39, 0.29) is 0 Å². The van der Waals surface area contributed by atoms with Crippen molar-refractivity contribution >= 4 is 22.6 Å². The van der Waals surface area contributed by atoms with Gasteiger partial charge in [-0.15, -0.1) is 0 Å². The van der Waals surface area contributed by atoms with Crippen LogP contribution >= 0.6 is 22.6 Å². The molecule has 2 nitrogen and oxygen atoms in total. The molecule has 0 fully saturated rings. The Balaban J connectivity index is 2.95. The number of aliphatic hydroxyl groups is 1. The van der Waals surface area contributed by atoms with Crippen LogP contribution in [-0.4, -0.2) is 41.2 Å². The van der Waals surface area contributed by atoms with Crippen molar-refractivity contribution in [1.29, 1.82) is 0 Å². The van der Waals surface area contributed by atoms with Crippen molar-refractivity contribution in [2.75, 3.05) is 31.2 Å². The van der Waals surface area contributed by atoms with Crippen LogP contribution in [0.25, 0.3) is 0 Å². The van der Waals surface area contributed by atoms with Gasteiger partial charge in [-0.1, -0.05) is 22.6 Å². The van der Waals surface area contributed by atoms with E-state index < -0.39 is 0 Å². The number of halogens is 1. The van der Waals surface area contributed by atoms with Crippen LogP contribution in [0.1, 0.15) is 6.42 Å². The molecule has 0 unspecified atom stereocenters. The van der Waals surface area contributed by atoms with E-state index in [9.17, 15) is 0 Å². The molecule has 0 radical (unpaired) electrons. The Morgan fingerprint density at radius 1 is 1.44 bits per heavy atom. The highest BCUT2D eigenvalue weighted by Crippen LogP contribution is 1.88.